The Labute approximate surface area is 132 Å². The van der Waals surface area contributed by atoms with Gasteiger partial charge in [-0.1, -0.05) is 39.8 Å². The molecule has 1 aromatic heterocycles. The van der Waals surface area contributed by atoms with E-state index in [-0.39, 0.29) is 5.41 Å². The van der Waals surface area contributed by atoms with Crippen LogP contribution in [0.1, 0.15) is 43.9 Å². The predicted molar refractivity (Wildman–Crippen MR) is 92.6 cm³/mol. The van der Waals surface area contributed by atoms with Gasteiger partial charge in [-0.15, -0.1) is 11.3 Å². The van der Waals surface area contributed by atoms with Crippen LogP contribution < -0.4 is 10.1 Å². The molecule has 1 heterocycles. The van der Waals surface area contributed by atoms with E-state index in [4.69, 9.17) is 4.74 Å². The second-order valence-electron chi connectivity index (χ2n) is 6.21. The first-order valence-electron chi connectivity index (χ1n) is 7.55. The minimum absolute atomic E-state index is 0.227. The van der Waals surface area contributed by atoms with Crippen LogP contribution in [0, 0.1) is 0 Å². The zero-order valence-electron chi connectivity index (χ0n) is 13.4. The fraction of sp³-hybridized carbons (Fsp3) is 0.444. The Morgan fingerprint density at radius 3 is 2.52 bits per heavy atom. The normalized spacial score (nSPS) is 11.4. The van der Waals surface area contributed by atoms with Crippen molar-refractivity contribution in [2.75, 3.05) is 11.9 Å². The van der Waals surface area contributed by atoms with Crippen LogP contribution in [0.15, 0.2) is 36.4 Å². The maximum atomic E-state index is 5.78. The SMILES string of the molecule is CCCOc1ccccc1NCc1ccc(C(C)(C)C)s1. The zero-order chi connectivity index (χ0) is 15.3. The molecule has 1 N–H and O–H groups in total. The van der Waals surface area contributed by atoms with Crippen molar-refractivity contribution in [3.8, 4) is 5.75 Å². The van der Waals surface area contributed by atoms with E-state index >= 15 is 0 Å². The topological polar surface area (TPSA) is 21.3 Å². The van der Waals surface area contributed by atoms with Crippen LogP contribution in [-0.2, 0) is 12.0 Å². The Hall–Kier alpha value is -1.48. The van der Waals surface area contributed by atoms with E-state index in [0.29, 0.717) is 0 Å². The summed E-state index contributed by atoms with van der Waals surface area (Å²) in [6.45, 7) is 10.5. The fourth-order valence-electron chi connectivity index (χ4n) is 2.01. The van der Waals surface area contributed by atoms with E-state index < -0.39 is 0 Å². The van der Waals surface area contributed by atoms with Crippen molar-refractivity contribution in [1.29, 1.82) is 0 Å². The van der Waals surface area contributed by atoms with Crippen molar-refractivity contribution < 1.29 is 4.74 Å². The Morgan fingerprint density at radius 2 is 1.86 bits per heavy atom. The van der Waals surface area contributed by atoms with E-state index in [9.17, 15) is 0 Å². The van der Waals surface area contributed by atoms with E-state index in [2.05, 4.69) is 51.2 Å². The molecule has 114 valence electrons. The molecule has 0 saturated carbocycles. The lowest BCUT2D eigenvalue weighted by atomic mass is 9.95. The van der Waals surface area contributed by atoms with Gasteiger partial charge >= 0.3 is 0 Å². The number of thiophene rings is 1. The summed E-state index contributed by atoms with van der Waals surface area (Å²) in [5.74, 6) is 0.937. The first-order valence-corrected chi connectivity index (χ1v) is 8.37. The average Bonchev–Trinajstić information content (AvgIpc) is 2.92. The number of anilines is 1. The summed E-state index contributed by atoms with van der Waals surface area (Å²) in [5.41, 5.74) is 1.29. The number of ether oxygens (including phenoxy) is 1. The second-order valence-corrected chi connectivity index (χ2v) is 7.38. The van der Waals surface area contributed by atoms with Crippen LogP contribution in [0.3, 0.4) is 0 Å². The van der Waals surface area contributed by atoms with Gasteiger partial charge in [0, 0.05) is 16.3 Å². The van der Waals surface area contributed by atoms with Crippen molar-refractivity contribution in [3.05, 3.63) is 46.2 Å². The molecule has 0 fully saturated rings. The third-order valence-electron chi connectivity index (χ3n) is 3.20. The number of rotatable bonds is 6. The van der Waals surface area contributed by atoms with Gasteiger partial charge in [0.15, 0.2) is 0 Å². The summed E-state index contributed by atoms with van der Waals surface area (Å²) in [6, 6.07) is 12.6. The van der Waals surface area contributed by atoms with E-state index in [1.807, 2.05) is 29.5 Å². The highest BCUT2D eigenvalue weighted by Gasteiger charge is 2.16. The molecule has 3 heteroatoms. The lowest BCUT2D eigenvalue weighted by Gasteiger charge is -2.15. The first-order chi connectivity index (χ1) is 10.0. The van der Waals surface area contributed by atoms with Crippen LogP contribution in [0.5, 0.6) is 5.75 Å². The van der Waals surface area contributed by atoms with Gasteiger partial charge in [0.05, 0.1) is 12.3 Å². The molecule has 2 nitrogen and oxygen atoms in total. The summed E-state index contributed by atoms with van der Waals surface area (Å²) in [6.07, 6.45) is 1.02. The monoisotopic (exact) mass is 303 g/mol. The van der Waals surface area contributed by atoms with Gasteiger partial charge in [-0.3, -0.25) is 0 Å². The predicted octanol–water partition coefficient (Wildman–Crippen LogP) is 5.45. The Morgan fingerprint density at radius 1 is 1.10 bits per heavy atom. The number of hydrogen-bond acceptors (Lipinski definition) is 3. The average molecular weight is 303 g/mol. The third kappa shape index (κ3) is 4.50. The van der Waals surface area contributed by atoms with Gasteiger partial charge in [-0.25, -0.2) is 0 Å². The molecule has 0 bridgehead atoms. The van der Waals surface area contributed by atoms with Gasteiger partial charge in [-0.05, 0) is 36.1 Å². The van der Waals surface area contributed by atoms with Gasteiger partial charge in [0.25, 0.3) is 0 Å². The van der Waals surface area contributed by atoms with Crippen molar-refractivity contribution >= 4 is 17.0 Å². The highest BCUT2D eigenvalue weighted by Crippen LogP contribution is 2.30. The summed E-state index contributed by atoms with van der Waals surface area (Å²) in [4.78, 5) is 2.78. The lowest BCUT2D eigenvalue weighted by Crippen LogP contribution is -2.07. The molecule has 1 aromatic carbocycles. The van der Waals surface area contributed by atoms with Crippen LogP contribution in [0.2, 0.25) is 0 Å². The number of para-hydroxylation sites is 2. The third-order valence-corrected chi connectivity index (χ3v) is 4.71. The largest absolute Gasteiger partial charge is 0.491 e. The van der Waals surface area contributed by atoms with Crippen LogP contribution >= 0.6 is 11.3 Å². The molecule has 0 unspecified atom stereocenters. The van der Waals surface area contributed by atoms with Crippen molar-refractivity contribution in [3.63, 3.8) is 0 Å². The molecule has 2 aromatic rings. The van der Waals surface area contributed by atoms with Crippen LogP contribution in [-0.4, -0.2) is 6.61 Å². The van der Waals surface area contributed by atoms with Crippen molar-refractivity contribution in [2.45, 2.75) is 46.1 Å². The van der Waals surface area contributed by atoms with Gasteiger partial charge in [-0.2, -0.15) is 0 Å². The highest BCUT2D eigenvalue weighted by molar-refractivity contribution is 7.12. The molecular formula is C18H25NOS. The second kappa shape index (κ2) is 6.99. The fourth-order valence-corrected chi connectivity index (χ4v) is 3.01. The molecule has 0 spiro atoms. The van der Waals surface area contributed by atoms with Crippen molar-refractivity contribution in [2.24, 2.45) is 0 Å². The molecule has 0 aliphatic heterocycles. The van der Waals surface area contributed by atoms with Crippen molar-refractivity contribution in [1.82, 2.24) is 0 Å². The van der Waals surface area contributed by atoms with Crippen LogP contribution in [0.4, 0.5) is 5.69 Å². The van der Waals surface area contributed by atoms with Gasteiger partial charge in [0.1, 0.15) is 5.75 Å². The molecule has 0 radical (unpaired) electrons. The molecule has 0 aliphatic carbocycles. The van der Waals surface area contributed by atoms with E-state index in [1.54, 1.807) is 0 Å². The summed E-state index contributed by atoms with van der Waals surface area (Å²) in [5, 5.41) is 3.49. The van der Waals surface area contributed by atoms with Gasteiger partial charge < -0.3 is 10.1 Å². The highest BCUT2D eigenvalue weighted by atomic mass is 32.1. The maximum absolute atomic E-state index is 5.78. The molecule has 0 atom stereocenters. The number of hydrogen-bond donors (Lipinski definition) is 1. The molecule has 0 saturated heterocycles. The van der Waals surface area contributed by atoms with E-state index in [0.717, 1.165) is 31.0 Å². The first kappa shape index (κ1) is 15.9. The molecule has 2 rings (SSSR count). The smallest absolute Gasteiger partial charge is 0.142 e. The molecule has 0 amide bonds. The summed E-state index contributed by atoms with van der Waals surface area (Å²) < 4.78 is 5.78. The van der Waals surface area contributed by atoms with Gasteiger partial charge in [0.2, 0.25) is 0 Å². The minimum atomic E-state index is 0.227. The molecule has 21 heavy (non-hydrogen) atoms. The summed E-state index contributed by atoms with van der Waals surface area (Å²) >= 11 is 1.88. The van der Waals surface area contributed by atoms with E-state index in [1.165, 1.54) is 9.75 Å². The lowest BCUT2D eigenvalue weighted by molar-refractivity contribution is 0.319. The summed E-state index contributed by atoms with van der Waals surface area (Å²) in [7, 11) is 0. The Kier molecular flexibility index (Phi) is 5.29. The number of nitrogens with one attached hydrogen (secondary N) is 1. The zero-order valence-corrected chi connectivity index (χ0v) is 14.2. The Balaban J connectivity index is 2.01. The minimum Gasteiger partial charge on any atom is -0.491 e. The molecular weight excluding hydrogens is 278 g/mol. The maximum Gasteiger partial charge on any atom is 0.142 e. The molecule has 0 aliphatic rings. The quantitative estimate of drug-likeness (QED) is 0.766. The number of benzene rings is 1. The standard InChI is InChI=1S/C18H25NOS/c1-5-12-20-16-9-7-6-8-15(16)19-13-14-10-11-17(21-14)18(2,3)4/h6-11,19H,5,12-13H2,1-4H3. The van der Waals surface area contributed by atoms with Crippen LogP contribution in [0.25, 0.3) is 0 Å². The Bertz CT molecular complexity index is 569.